The zero-order chi connectivity index (χ0) is 17.5. The summed E-state index contributed by atoms with van der Waals surface area (Å²) in [5.41, 5.74) is 2.39. The normalized spacial score (nSPS) is 27.5. The molecule has 2 aromatic rings. The SMILES string of the molecule is O=c1cc(N2CCOCC2)cc(N2C[C@@H]3C[C@@H]3[C@@H]2Cc2ccccc2)[nH]1. The van der Waals surface area contributed by atoms with Crippen LogP contribution in [0.3, 0.4) is 0 Å². The highest BCUT2D eigenvalue weighted by atomic mass is 16.5. The Morgan fingerprint density at radius 3 is 2.73 bits per heavy atom. The summed E-state index contributed by atoms with van der Waals surface area (Å²) in [5, 5.41) is 0. The minimum atomic E-state index is -0.0111. The van der Waals surface area contributed by atoms with Gasteiger partial charge in [0, 0.05) is 43.5 Å². The number of hydrogen-bond acceptors (Lipinski definition) is 4. The topological polar surface area (TPSA) is 48.6 Å². The lowest BCUT2D eigenvalue weighted by atomic mass is 10.0. The van der Waals surface area contributed by atoms with Crippen LogP contribution < -0.4 is 15.4 Å². The van der Waals surface area contributed by atoms with Crippen molar-refractivity contribution in [3.8, 4) is 0 Å². The first kappa shape index (κ1) is 15.9. The molecular weight excluding hydrogens is 326 g/mol. The van der Waals surface area contributed by atoms with E-state index in [9.17, 15) is 4.79 Å². The van der Waals surface area contributed by atoms with E-state index >= 15 is 0 Å². The van der Waals surface area contributed by atoms with E-state index in [1.807, 2.05) is 0 Å². The largest absolute Gasteiger partial charge is 0.378 e. The van der Waals surface area contributed by atoms with Crippen molar-refractivity contribution in [2.75, 3.05) is 42.6 Å². The average Bonchev–Trinajstić information content (AvgIpc) is 3.37. The van der Waals surface area contributed by atoms with Gasteiger partial charge in [-0.2, -0.15) is 0 Å². The van der Waals surface area contributed by atoms with Crippen LogP contribution in [0.4, 0.5) is 11.5 Å². The summed E-state index contributed by atoms with van der Waals surface area (Å²) < 4.78 is 5.45. The third kappa shape index (κ3) is 3.01. The Balaban J connectivity index is 1.43. The molecule has 2 aliphatic heterocycles. The standard InChI is InChI=1S/C21H25N3O2/c25-21-13-17(23-6-8-26-9-7-23)12-20(22-21)24-14-16-11-18(16)19(24)10-15-4-2-1-3-5-15/h1-5,12-13,16,18-19H,6-11,14H2,(H,22,25)/t16-,18-,19-/m0/s1. The number of aromatic nitrogens is 1. The molecule has 0 spiro atoms. The third-order valence-corrected chi connectivity index (χ3v) is 6.09. The molecule has 1 aromatic carbocycles. The van der Waals surface area contributed by atoms with Crippen LogP contribution in [0.25, 0.3) is 0 Å². The summed E-state index contributed by atoms with van der Waals surface area (Å²) in [6, 6.07) is 15.1. The van der Waals surface area contributed by atoms with Gasteiger partial charge in [-0.05, 0) is 30.2 Å². The number of H-pyrrole nitrogens is 1. The molecule has 5 rings (SSSR count). The van der Waals surface area contributed by atoms with Crippen molar-refractivity contribution in [1.29, 1.82) is 0 Å². The first-order chi connectivity index (χ1) is 12.8. The van der Waals surface area contributed by atoms with Crippen LogP contribution in [-0.2, 0) is 11.2 Å². The Morgan fingerprint density at radius 1 is 1.12 bits per heavy atom. The first-order valence-electron chi connectivity index (χ1n) is 9.65. The van der Waals surface area contributed by atoms with Gasteiger partial charge in [-0.15, -0.1) is 0 Å². The van der Waals surface area contributed by atoms with Crippen molar-refractivity contribution < 1.29 is 4.74 Å². The number of rotatable bonds is 4. The zero-order valence-electron chi connectivity index (χ0n) is 14.9. The van der Waals surface area contributed by atoms with E-state index in [0.717, 1.165) is 62.6 Å². The highest BCUT2D eigenvalue weighted by Crippen LogP contribution is 2.51. The zero-order valence-corrected chi connectivity index (χ0v) is 14.9. The fraction of sp³-hybridized carbons (Fsp3) is 0.476. The fourth-order valence-electron chi connectivity index (χ4n) is 4.64. The number of nitrogens with one attached hydrogen (secondary N) is 1. The molecule has 3 heterocycles. The number of piperidine rings is 1. The molecule has 1 aliphatic carbocycles. The highest BCUT2D eigenvalue weighted by Gasteiger charge is 2.52. The summed E-state index contributed by atoms with van der Waals surface area (Å²) in [4.78, 5) is 20.1. The number of fused-ring (bicyclic) bond motifs is 1. The molecule has 1 saturated carbocycles. The van der Waals surface area contributed by atoms with Gasteiger partial charge in [0.05, 0.1) is 13.2 Å². The minimum absolute atomic E-state index is 0.0111. The van der Waals surface area contributed by atoms with Crippen molar-refractivity contribution in [3.05, 3.63) is 58.4 Å². The smallest absolute Gasteiger partial charge is 0.251 e. The van der Waals surface area contributed by atoms with Crippen molar-refractivity contribution >= 4 is 11.5 Å². The van der Waals surface area contributed by atoms with E-state index < -0.39 is 0 Å². The van der Waals surface area contributed by atoms with Crippen LogP contribution in [-0.4, -0.2) is 43.9 Å². The van der Waals surface area contributed by atoms with E-state index in [4.69, 9.17) is 4.74 Å². The number of benzene rings is 1. The molecule has 136 valence electrons. The molecule has 3 aliphatic rings. The Morgan fingerprint density at radius 2 is 1.92 bits per heavy atom. The molecule has 26 heavy (non-hydrogen) atoms. The van der Waals surface area contributed by atoms with E-state index in [1.54, 1.807) is 6.07 Å². The third-order valence-electron chi connectivity index (χ3n) is 6.09. The Labute approximate surface area is 153 Å². The Bertz CT molecular complexity index is 829. The summed E-state index contributed by atoms with van der Waals surface area (Å²) in [5.74, 6) is 2.54. The molecular formula is C21H25N3O2. The van der Waals surface area contributed by atoms with Crippen LogP contribution >= 0.6 is 0 Å². The van der Waals surface area contributed by atoms with Gasteiger partial charge in [-0.1, -0.05) is 30.3 Å². The average molecular weight is 351 g/mol. The predicted molar refractivity (Wildman–Crippen MR) is 103 cm³/mol. The maximum atomic E-state index is 12.3. The molecule has 1 aromatic heterocycles. The van der Waals surface area contributed by atoms with Crippen LogP contribution in [0.15, 0.2) is 47.3 Å². The van der Waals surface area contributed by atoms with Gasteiger partial charge in [-0.25, -0.2) is 0 Å². The van der Waals surface area contributed by atoms with Crippen molar-refractivity contribution in [2.45, 2.75) is 18.9 Å². The second kappa shape index (κ2) is 6.47. The van der Waals surface area contributed by atoms with Crippen LogP contribution in [0, 0.1) is 11.8 Å². The Hall–Kier alpha value is -2.27. The van der Waals surface area contributed by atoms with Crippen molar-refractivity contribution in [2.24, 2.45) is 11.8 Å². The van der Waals surface area contributed by atoms with Gasteiger partial charge in [-0.3, -0.25) is 4.79 Å². The molecule has 3 fully saturated rings. The number of aromatic amines is 1. The van der Waals surface area contributed by atoms with E-state index in [-0.39, 0.29) is 5.56 Å². The van der Waals surface area contributed by atoms with Gasteiger partial charge in [0.2, 0.25) is 0 Å². The lowest BCUT2D eigenvalue weighted by Crippen LogP contribution is -2.38. The molecule has 0 unspecified atom stereocenters. The maximum absolute atomic E-state index is 12.3. The van der Waals surface area contributed by atoms with E-state index in [1.165, 1.54) is 12.0 Å². The minimum Gasteiger partial charge on any atom is -0.378 e. The molecule has 5 heteroatoms. The number of pyridine rings is 1. The van der Waals surface area contributed by atoms with Crippen LogP contribution in [0.1, 0.15) is 12.0 Å². The predicted octanol–water partition coefficient (Wildman–Crippen LogP) is 2.28. The van der Waals surface area contributed by atoms with Gasteiger partial charge >= 0.3 is 0 Å². The molecule has 2 saturated heterocycles. The summed E-state index contributed by atoms with van der Waals surface area (Å²) in [7, 11) is 0. The molecule has 1 N–H and O–H groups in total. The fourth-order valence-corrected chi connectivity index (χ4v) is 4.64. The lowest BCUT2D eigenvalue weighted by molar-refractivity contribution is 0.122. The summed E-state index contributed by atoms with van der Waals surface area (Å²) in [6.45, 7) is 4.22. The number of nitrogens with zero attached hydrogens (tertiary/aromatic N) is 2. The molecule has 0 bridgehead atoms. The van der Waals surface area contributed by atoms with E-state index in [0.29, 0.717) is 6.04 Å². The van der Waals surface area contributed by atoms with Gasteiger partial charge in [0.15, 0.2) is 0 Å². The number of morpholine rings is 1. The van der Waals surface area contributed by atoms with Crippen molar-refractivity contribution in [1.82, 2.24) is 4.98 Å². The van der Waals surface area contributed by atoms with E-state index in [2.05, 4.69) is 51.2 Å². The number of ether oxygens (including phenoxy) is 1. The molecule has 5 nitrogen and oxygen atoms in total. The quantitative estimate of drug-likeness (QED) is 0.918. The summed E-state index contributed by atoms with van der Waals surface area (Å²) in [6.07, 6.45) is 2.38. The highest BCUT2D eigenvalue weighted by molar-refractivity contribution is 5.57. The van der Waals surface area contributed by atoms with Crippen LogP contribution in [0.5, 0.6) is 0 Å². The van der Waals surface area contributed by atoms with Crippen LogP contribution in [0.2, 0.25) is 0 Å². The Kier molecular flexibility index (Phi) is 3.97. The first-order valence-corrected chi connectivity index (χ1v) is 9.65. The van der Waals surface area contributed by atoms with Gasteiger partial charge in [0.25, 0.3) is 5.56 Å². The van der Waals surface area contributed by atoms with Gasteiger partial charge < -0.3 is 19.5 Å². The summed E-state index contributed by atoms with van der Waals surface area (Å²) >= 11 is 0. The van der Waals surface area contributed by atoms with Crippen molar-refractivity contribution in [3.63, 3.8) is 0 Å². The molecule has 0 radical (unpaired) electrons. The second-order valence-corrected chi connectivity index (χ2v) is 7.76. The number of anilines is 2. The van der Waals surface area contributed by atoms with Gasteiger partial charge in [0.1, 0.15) is 5.82 Å². The number of hydrogen-bond donors (Lipinski definition) is 1. The maximum Gasteiger partial charge on any atom is 0.251 e. The molecule has 0 amide bonds. The lowest BCUT2D eigenvalue weighted by Gasteiger charge is -2.32. The molecule has 3 atom stereocenters. The second-order valence-electron chi connectivity index (χ2n) is 7.76. The monoisotopic (exact) mass is 351 g/mol.